The van der Waals surface area contributed by atoms with Crippen LogP contribution in [0, 0.1) is 6.92 Å². The Hall–Kier alpha value is -1.35. The van der Waals surface area contributed by atoms with Crippen molar-refractivity contribution in [3.63, 3.8) is 0 Å². The number of thioether (sulfide) groups is 1. The first-order valence-corrected chi connectivity index (χ1v) is 11.1. The van der Waals surface area contributed by atoms with Gasteiger partial charge in [-0.2, -0.15) is 0 Å². The van der Waals surface area contributed by atoms with Gasteiger partial charge in [0.1, 0.15) is 0 Å². The molecule has 26 heavy (non-hydrogen) atoms. The minimum Gasteiger partial charge on any atom is -0.351 e. The Morgan fingerprint density at radius 3 is 2.54 bits per heavy atom. The third kappa shape index (κ3) is 5.33. The second kappa shape index (κ2) is 9.03. The van der Waals surface area contributed by atoms with Crippen LogP contribution in [0.1, 0.15) is 11.1 Å². The van der Waals surface area contributed by atoms with Gasteiger partial charge in [0, 0.05) is 30.0 Å². The minimum atomic E-state index is -3.55. The Labute approximate surface area is 167 Å². The number of rotatable bonds is 7. The summed E-state index contributed by atoms with van der Waals surface area (Å²) >= 11 is 4.87. The van der Waals surface area contributed by atoms with Crippen LogP contribution in [0.25, 0.3) is 0 Å². The fourth-order valence-electron chi connectivity index (χ4n) is 2.26. The highest BCUT2D eigenvalue weighted by atomic mass is 79.9. The maximum atomic E-state index is 12.4. The van der Waals surface area contributed by atoms with Gasteiger partial charge >= 0.3 is 0 Å². The van der Waals surface area contributed by atoms with E-state index < -0.39 is 10.0 Å². The SMILES string of the molecule is Cc1cc(Br)ccc1SCC(=O)NCc1ccccc1S(=O)(=O)N(C)C. The van der Waals surface area contributed by atoms with E-state index in [2.05, 4.69) is 21.2 Å². The van der Waals surface area contributed by atoms with Crippen molar-refractivity contribution in [3.05, 3.63) is 58.1 Å². The van der Waals surface area contributed by atoms with E-state index in [0.29, 0.717) is 5.56 Å². The molecule has 0 radical (unpaired) electrons. The average molecular weight is 457 g/mol. The Morgan fingerprint density at radius 1 is 1.19 bits per heavy atom. The summed E-state index contributed by atoms with van der Waals surface area (Å²) in [5, 5.41) is 2.80. The second-order valence-electron chi connectivity index (χ2n) is 5.87. The van der Waals surface area contributed by atoms with Gasteiger partial charge in [0.05, 0.1) is 10.6 Å². The van der Waals surface area contributed by atoms with Crippen molar-refractivity contribution >= 4 is 43.6 Å². The van der Waals surface area contributed by atoms with Crippen LogP contribution < -0.4 is 5.32 Å². The molecular weight excluding hydrogens is 436 g/mol. The zero-order valence-electron chi connectivity index (χ0n) is 14.8. The van der Waals surface area contributed by atoms with E-state index in [9.17, 15) is 13.2 Å². The lowest BCUT2D eigenvalue weighted by Gasteiger charge is -2.15. The Bertz CT molecular complexity index is 899. The largest absolute Gasteiger partial charge is 0.351 e. The van der Waals surface area contributed by atoms with Gasteiger partial charge in [0.15, 0.2) is 0 Å². The zero-order chi connectivity index (χ0) is 19.3. The molecular formula is C18H21BrN2O3S2. The van der Waals surface area contributed by atoms with Crippen LogP contribution in [0.2, 0.25) is 0 Å². The fraction of sp³-hybridized carbons (Fsp3) is 0.278. The molecule has 2 aromatic carbocycles. The predicted molar refractivity (Wildman–Crippen MR) is 109 cm³/mol. The lowest BCUT2D eigenvalue weighted by atomic mass is 10.2. The summed E-state index contributed by atoms with van der Waals surface area (Å²) in [5.74, 6) is 0.125. The molecule has 0 fully saturated rings. The van der Waals surface area contributed by atoms with Crippen LogP contribution in [0.4, 0.5) is 0 Å². The first-order valence-electron chi connectivity index (χ1n) is 7.88. The van der Waals surface area contributed by atoms with Gasteiger partial charge in [-0.3, -0.25) is 4.79 Å². The highest BCUT2D eigenvalue weighted by Gasteiger charge is 2.20. The molecule has 8 heteroatoms. The lowest BCUT2D eigenvalue weighted by molar-refractivity contribution is -0.118. The van der Waals surface area contributed by atoms with Gasteiger partial charge in [0.2, 0.25) is 15.9 Å². The molecule has 1 amide bonds. The smallest absolute Gasteiger partial charge is 0.242 e. The normalized spacial score (nSPS) is 11.6. The third-order valence-electron chi connectivity index (χ3n) is 3.70. The number of amides is 1. The highest BCUT2D eigenvalue weighted by molar-refractivity contribution is 9.10. The van der Waals surface area contributed by atoms with E-state index in [4.69, 9.17) is 0 Å². The number of halogens is 1. The molecule has 140 valence electrons. The number of carbonyl (C=O) groups excluding carboxylic acids is 1. The Morgan fingerprint density at radius 2 is 1.88 bits per heavy atom. The topological polar surface area (TPSA) is 66.5 Å². The number of hydrogen-bond donors (Lipinski definition) is 1. The number of benzene rings is 2. The van der Waals surface area contributed by atoms with Crippen molar-refractivity contribution < 1.29 is 13.2 Å². The molecule has 0 aliphatic rings. The van der Waals surface area contributed by atoms with Crippen LogP contribution in [-0.2, 0) is 21.4 Å². The third-order valence-corrected chi connectivity index (χ3v) is 7.29. The van der Waals surface area contributed by atoms with E-state index in [-0.39, 0.29) is 23.1 Å². The monoisotopic (exact) mass is 456 g/mol. The Balaban J connectivity index is 2.00. The van der Waals surface area contributed by atoms with Crippen LogP contribution >= 0.6 is 27.7 Å². The van der Waals surface area contributed by atoms with Crippen LogP contribution in [0.3, 0.4) is 0 Å². The predicted octanol–water partition coefficient (Wildman–Crippen LogP) is 3.42. The standard InChI is InChI=1S/C18H21BrN2O3S2/c1-13-10-15(19)8-9-16(13)25-12-18(22)20-11-14-6-4-5-7-17(14)26(23,24)21(2)3/h4-10H,11-12H2,1-3H3,(H,20,22). The molecule has 0 aliphatic heterocycles. The summed E-state index contributed by atoms with van der Waals surface area (Å²) in [5.41, 5.74) is 1.67. The van der Waals surface area contributed by atoms with Gasteiger partial charge in [-0.1, -0.05) is 34.1 Å². The van der Waals surface area contributed by atoms with Crippen molar-refractivity contribution in [3.8, 4) is 0 Å². The van der Waals surface area contributed by atoms with E-state index in [0.717, 1.165) is 14.9 Å². The van der Waals surface area contributed by atoms with E-state index in [1.54, 1.807) is 24.3 Å². The molecule has 0 saturated carbocycles. The first kappa shape index (κ1) is 21.0. The van der Waals surface area contributed by atoms with Crippen molar-refractivity contribution in [2.24, 2.45) is 0 Å². The maximum absolute atomic E-state index is 12.4. The van der Waals surface area contributed by atoms with Crippen LogP contribution in [-0.4, -0.2) is 38.5 Å². The summed E-state index contributed by atoms with van der Waals surface area (Å²) in [6.07, 6.45) is 0. The maximum Gasteiger partial charge on any atom is 0.242 e. The molecule has 0 atom stereocenters. The molecule has 5 nitrogen and oxygen atoms in total. The zero-order valence-corrected chi connectivity index (χ0v) is 18.0. The van der Waals surface area contributed by atoms with Gasteiger partial charge < -0.3 is 5.32 Å². The Kier molecular flexibility index (Phi) is 7.28. The number of carbonyl (C=O) groups is 1. The van der Waals surface area contributed by atoms with Crippen molar-refractivity contribution in [2.45, 2.75) is 23.3 Å². The summed E-state index contributed by atoms with van der Waals surface area (Å²) in [6, 6.07) is 12.6. The van der Waals surface area contributed by atoms with Crippen molar-refractivity contribution in [1.82, 2.24) is 9.62 Å². The second-order valence-corrected chi connectivity index (χ2v) is 9.92. The van der Waals surface area contributed by atoms with Gasteiger partial charge in [-0.05, 0) is 42.3 Å². The molecule has 0 spiro atoms. The van der Waals surface area contributed by atoms with E-state index >= 15 is 0 Å². The molecule has 0 unspecified atom stereocenters. The van der Waals surface area contributed by atoms with Crippen LogP contribution in [0.15, 0.2) is 56.7 Å². The number of hydrogen-bond acceptors (Lipinski definition) is 4. The molecule has 0 saturated heterocycles. The quantitative estimate of drug-likeness (QED) is 0.648. The lowest BCUT2D eigenvalue weighted by Crippen LogP contribution is -2.27. The number of sulfonamides is 1. The van der Waals surface area contributed by atoms with Gasteiger partial charge in [-0.15, -0.1) is 11.8 Å². The van der Waals surface area contributed by atoms with E-state index in [1.807, 2.05) is 25.1 Å². The average Bonchev–Trinajstić information content (AvgIpc) is 2.59. The van der Waals surface area contributed by atoms with Gasteiger partial charge in [0.25, 0.3) is 0 Å². The summed E-state index contributed by atoms with van der Waals surface area (Å²) in [6.45, 7) is 2.16. The first-order chi connectivity index (χ1) is 12.2. The molecule has 1 N–H and O–H groups in total. The number of nitrogens with one attached hydrogen (secondary N) is 1. The summed E-state index contributed by atoms with van der Waals surface area (Å²) < 4.78 is 26.9. The molecule has 0 heterocycles. The number of aryl methyl sites for hydroxylation is 1. The van der Waals surface area contributed by atoms with E-state index in [1.165, 1.54) is 30.2 Å². The molecule has 0 aliphatic carbocycles. The molecule has 2 rings (SSSR count). The fourth-order valence-corrected chi connectivity index (χ4v) is 4.69. The summed E-state index contributed by atoms with van der Waals surface area (Å²) in [7, 11) is -0.572. The molecule has 0 bridgehead atoms. The summed E-state index contributed by atoms with van der Waals surface area (Å²) in [4.78, 5) is 13.4. The molecule has 0 aromatic heterocycles. The van der Waals surface area contributed by atoms with Gasteiger partial charge in [-0.25, -0.2) is 12.7 Å². The van der Waals surface area contributed by atoms with Crippen LogP contribution in [0.5, 0.6) is 0 Å². The van der Waals surface area contributed by atoms with Crippen molar-refractivity contribution in [1.29, 1.82) is 0 Å². The number of nitrogens with zero attached hydrogens (tertiary/aromatic N) is 1. The minimum absolute atomic E-state index is 0.144. The van der Waals surface area contributed by atoms with Crippen molar-refractivity contribution in [2.75, 3.05) is 19.8 Å². The molecule has 2 aromatic rings. The highest BCUT2D eigenvalue weighted by Crippen LogP contribution is 2.25.